The van der Waals surface area contributed by atoms with Crippen LogP contribution in [0, 0.1) is 0 Å². The molecule has 0 aliphatic heterocycles. The van der Waals surface area contributed by atoms with E-state index in [0.29, 0.717) is 19.0 Å². The van der Waals surface area contributed by atoms with E-state index in [1.807, 2.05) is 54.6 Å². The third-order valence-corrected chi connectivity index (χ3v) is 3.79. The minimum absolute atomic E-state index is 0.402. The second-order valence-electron chi connectivity index (χ2n) is 4.76. The Morgan fingerprint density at radius 1 is 1.05 bits per heavy atom. The Morgan fingerprint density at radius 2 is 1.81 bits per heavy atom. The summed E-state index contributed by atoms with van der Waals surface area (Å²) in [5, 5.41) is 2.10. The van der Waals surface area contributed by atoms with Crippen LogP contribution < -0.4 is 10.5 Å². The number of hydrogen-bond donors (Lipinski definition) is 1. The van der Waals surface area contributed by atoms with Gasteiger partial charge in [-0.3, -0.25) is 0 Å². The monoisotopic (exact) mass is 342 g/mol. The van der Waals surface area contributed by atoms with E-state index in [2.05, 4.69) is 20.9 Å². The number of nitrogens with two attached hydrogens (primary N) is 1. The van der Waals surface area contributed by atoms with Gasteiger partial charge in [0.2, 0.25) is 5.88 Å². The summed E-state index contributed by atoms with van der Waals surface area (Å²) in [5.41, 5.74) is 7.64. The van der Waals surface area contributed by atoms with Crippen LogP contribution in [0.5, 0.6) is 5.88 Å². The van der Waals surface area contributed by atoms with Crippen molar-refractivity contribution in [1.29, 1.82) is 0 Å². The smallest absolute Gasteiger partial charge is 0.221 e. The molecule has 4 heteroatoms. The second kappa shape index (κ2) is 6.24. The lowest BCUT2D eigenvalue weighted by Crippen LogP contribution is -2.03. The first kappa shape index (κ1) is 14.0. The summed E-state index contributed by atoms with van der Waals surface area (Å²) in [5.74, 6) is 0.636. The topological polar surface area (TPSA) is 48.1 Å². The molecule has 0 unspecified atom stereocenters. The largest absolute Gasteiger partial charge is 0.472 e. The first-order valence-electron chi connectivity index (χ1n) is 6.72. The van der Waals surface area contributed by atoms with E-state index in [4.69, 9.17) is 10.5 Å². The highest BCUT2D eigenvalue weighted by atomic mass is 79.9. The molecule has 0 saturated carbocycles. The molecule has 2 N–H and O–H groups in total. The zero-order valence-electron chi connectivity index (χ0n) is 11.4. The zero-order chi connectivity index (χ0) is 14.7. The number of halogens is 1. The molecule has 3 nitrogen and oxygen atoms in total. The number of aromatic nitrogens is 1. The van der Waals surface area contributed by atoms with E-state index in [0.717, 1.165) is 26.5 Å². The SMILES string of the molecule is NCc1cc2ccccc2c(OCc2ccc(Br)cc2)n1. The van der Waals surface area contributed by atoms with Crippen LogP contribution in [-0.2, 0) is 13.2 Å². The number of rotatable bonds is 4. The number of ether oxygens (including phenoxy) is 1. The van der Waals surface area contributed by atoms with E-state index in [-0.39, 0.29) is 0 Å². The quantitative estimate of drug-likeness (QED) is 0.778. The fourth-order valence-electron chi connectivity index (χ4n) is 2.17. The van der Waals surface area contributed by atoms with Crippen LogP contribution in [0.1, 0.15) is 11.3 Å². The van der Waals surface area contributed by atoms with Crippen molar-refractivity contribution in [2.24, 2.45) is 5.73 Å². The molecular formula is C17H15BrN2O. The van der Waals surface area contributed by atoms with Crippen LogP contribution in [0.25, 0.3) is 10.8 Å². The highest BCUT2D eigenvalue weighted by molar-refractivity contribution is 9.10. The summed E-state index contributed by atoms with van der Waals surface area (Å²) in [7, 11) is 0. The number of nitrogens with zero attached hydrogens (tertiary/aromatic N) is 1. The molecule has 0 aliphatic carbocycles. The molecule has 1 aromatic heterocycles. The fraction of sp³-hybridized carbons (Fsp3) is 0.118. The van der Waals surface area contributed by atoms with Crippen molar-refractivity contribution in [2.75, 3.05) is 0 Å². The van der Waals surface area contributed by atoms with E-state index < -0.39 is 0 Å². The summed E-state index contributed by atoms with van der Waals surface area (Å²) in [4.78, 5) is 4.50. The number of hydrogen-bond acceptors (Lipinski definition) is 3. The van der Waals surface area contributed by atoms with Crippen LogP contribution in [0.3, 0.4) is 0 Å². The van der Waals surface area contributed by atoms with E-state index in [9.17, 15) is 0 Å². The summed E-state index contributed by atoms with van der Waals surface area (Å²) < 4.78 is 6.96. The average molecular weight is 343 g/mol. The van der Waals surface area contributed by atoms with Gasteiger partial charge in [-0.1, -0.05) is 46.3 Å². The highest BCUT2D eigenvalue weighted by Gasteiger charge is 2.06. The number of pyridine rings is 1. The summed E-state index contributed by atoms with van der Waals surface area (Å²) >= 11 is 3.43. The lowest BCUT2D eigenvalue weighted by Gasteiger charge is -2.10. The maximum atomic E-state index is 5.91. The molecule has 0 amide bonds. The fourth-order valence-corrected chi connectivity index (χ4v) is 2.43. The minimum atomic E-state index is 0.402. The van der Waals surface area contributed by atoms with Crippen molar-refractivity contribution in [3.63, 3.8) is 0 Å². The Kier molecular flexibility index (Phi) is 4.18. The summed E-state index contributed by atoms with van der Waals surface area (Å²) in [6.45, 7) is 0.887. The number of fused-ring (bicyclic) bond motifs is 1. The van der Waals surface area contributed by atoms with Gasteiger partial charge in [0.25, 0.3) is 0 Å². The van der Waals surface area contributed by atoms with Crippen molar-refractivity contribution < 1.29 is 4.74 Å². The molecular weight excluding hydrogens is 328 g/mol. The molecule has 0 bridgehead atoms. The molecule has 1 heterocycles. The summed E-state index contributed by atoms with van der Waals surface area (Å²) in [6.07, 6.45) is 0. The predicted molar refractivity (Wildman–Crippen MR) is 88.1 cm³/mol. The Labute approximate surface area is 131 Å². The van der Waals surface area contributed by atoms with Crippen LogP contribution in [-0.4, -0.2) is 4.98 Å². The molecule has 0 atom stereocenters. The second-order valence-corrected chi connectivity index (χ2v) is 5.67. The van der Waals surface area contributed by atoms with Gasteiger partial charge in [0.05, 0.1) is 5.69 Å². The Morgan fingerprint density at radius 3 is 2.57 bits per heavy atom. The van der Waals surface area contributed by atoms with Gasteiger partial charge in [0.15, 0.2) is 0 Å². The maximum Gasteiger partial charge on any atom is 0.221 e. The predicted octanol–water partition coefficient (Wildman–Crippen LogP) is 4.04. The average Bonchev–Trinajstić information content (AvgIpc) is 2.53. The van der Waals surface area contributed by atoms with Gasteiger partial charge in [-0.2, -0.15) is 0 Å². The molecule has 2 aromatic carbocycles. The third-order valence-electron chi connectivity index (χ3n) is 3.26. The summed E-state index contributed by atoms with van der Waals surface area (Å²) in [6, 6.07) is 18.1. The maximum absolute atomic E-state index is 5.91. The lowest BCUT2D eigenvalue weighted by molar-refractivity contribution is 0.297. The first-order chi connectivity index (χ1) is 10.3. The third kappa shape index (κ3) is 3.23. The van der Waals surface area contributed by atoms with Gasteiger partial charge in [-0.15, -0.1) is 0 Å². The van der Waals surface area contributed by atoms with E-state index in [1.165, 1.54) is 0 Å². The standard InChI is InChI=1S/C17H15BrN2O/c18-14-7-5-12(6-8-14)11-21-17-16-4-2-1-3-13(16)9-15(10-19)20-17/h1-9H,10-11,19H2. The molecule has 3 rings (SSSR count). The van der Waals surface area contributed by atoms with Gasteiger partial charge in [0.1, 0.15) is 6.61 Å². The van der Waals surface area contributed by atoms with Gasteiger partial charge in [-0.05, 0) is 35.2 Å². The zero-order valence-corrected chi connectivity index (χ0v) is 13.0. The molecule has 21 heavy (non-hydrogen) atoms. The van der Waals surface area contributed by atoms with Crippen molar-refractivity contribution >= 4 is 26.7 Å². The lowest BCUT2D eigenvalue weighted by atomic mass is 10.1. The van der Waals surface area contributed by atoms with Gasteiger partial charge >= 0.3 is 0 Å². The molecule has 0 saturated heterocycles. The van der Waals surface area contributed by atoms with Gasteiger partial charge in [-0.25, -0.2) is 4.98 Å². The molecule has 0 radical (unpaired) electrons. The van der Waals surface area contributed by atoms with Crippen LogP contribution in [0.4, 0.5) is 0 Å². The van der Waals surface area contributed by atoms with Gasteiger partial charge < -0.3 is 10.5 Å². The molecule has 0 fully saturated rings. The molecule has 106 valence electrons. The van der Waals surface area contributed by atoms with E-state index in [1.54, 1.807) is 0 Å². The molecule has 0 aliphatic rings. The Hall–Kier alpha value is -1.91. The minimum Gasteiger partial charge on any atom is -0.472 e. The van der Waals surface area contributed by atoms with Crippen LogP contribution in [0.2, 0.25) is 0 Å². The van der Waals surface area contributed by atoms with E-state index >= 15 is 0 Å². The van der Waals surface area contributed by atoms with Crippen molar-refractivity contribution in [1.82, 2.24) is 4.98 Å². The van der Waals surface area contributed by atoms with Gasteiger partial charge in [0, 0.05) is 16.4 Å². The van der Waals surface area contributed by atoms with Crippen LogP contribution in [0.15, 0.2) is 59.1 Å². The van der Waals surface area contributed by atoms with Crippen molar-refractivity contribution in [2.45, 2.75) is 13.2 Å². The number of benzene rings is 2. The normalized spacial score (nSPS) is 10.8. The Bertz CT molecular complexity index is 756. The molecule has 0 spiro atoms. The van der Waals surface area contributed by atoms with Crippen molar-refractivity contribution in [3.05, 3.63) is 70.3 Å². The Balaban J connectivity index is 1.90. The highest BCUT2D eigenvalue weighted by Crippen LogP contribution is 2.25. The molecule has 3 aromatic rings. The van der Waals surface area contributed by atoms with Crippen LogP contribution >= 0.6 is 15.9 Å². The first-order valence-corrected chi connectivity index (χ1v) is 7.51. The van der Waals surface area contributed by atoms with Crippen molar-refractivity contribution in [3.8, 4) is 5.88 Å².